The average molecular weight is 342 g/mol. The zero-order valence-corrected chi connectivity index (χ0v) is 14.6. The van der Waals surface area contributed by atoms with Gasteiger partial charge in [0.2, 0.25) is 23.6 Å². The van der Waals surface area contributed by atoms with Crippen LogP contribution in [-0.4, -0.2) is 58.0 Å². The van der Waals surface area contributed by atoms with E-state index in [9.17, 15) is 9.59 Å². The lowest BCUT2D eigenvalue weighted by Gasteiger charge is -2.34. The second kappa shape index (κ2) is 7.46. The lowest BCUT2D eigenvalue weighted by Crippen LogP contribution is -2.50. The molecule has 3 rings (SSSR count). The van der Waals surface area contributed by atoms with E-state index >= 15 is 0 Å². The molecular weight excluding hydrogens is 320 g/mol. The van der Waals surface area contributed by atoms with Crippen molar-refractivity contribution < 1.29 is 14.0 Å². The summed E-state index contributed by atoms with van der Waals surface area (Å²) in [6, 6.07) is 7.81. The van der Waals surface area contributed by atoms with Gasteiger partial charge in [0.1, 0.15) is 0 Å². The maximum Gasteiger partial charge on any atom is 0.247 e. The third-order valence-electron chi connectivity index (χ3n) is 4.47. The van der Waals surface area contributed by atoms with Crippen molar-refractivity contribution in [2.45, 2.75) is 26.7 Å². The van der Waals surface area contributed by atoms with Crippen LogP contribution in [0.1, 0.15) is 24.8 Å². The van der Waals surface area contributed by atoms with Crippen LogP contribution in [0.25, 0.3) is 11.5 Å². The Labute approximate surface area is 146 Å². The molecular formula is C18H22N4O3. The van der Waals surface area contributed by atoms with Crippen LogP contribution in [0, 0.1) is 6.92 Å². The SMILES string of the molecule is CC(=O)N1CCN(C(=O)CCc2nnc(-c3ccccc3C)o2)CC1. The Hall–Kier alpha value is -2.70. The molecule has 25 heavy (non-hydrogen) atoms. The number of benzene rings is 1. The van der Waals surface area contributed by atoms with Crippen LogP contribution >= 0.6 is 0 Å². The molecule has 1 aliphatic heterocycles. The molecule has 0 unspecified atom stereocenters. The fourth-order valence-corrected chi connectivity index (χ4v) is 2.92. The standard InChI is InChI=1S/C18H22N4O3/c1-13-5-3-4-6-15(13)18-20-19-16(25-18)7-8-17(24)22-11-9-21(10-12-22)14(2)23/h3-6H,7-12H2,1-2H3. The quantitative estimate of drug-likeness (QED) is 0.844. The number of hydrogen-bond acceptors (Lipinski definition) is 5. The molecule has 7 nitrogen and oxygen atoms in total. The molecule has 1 aromatic heterocycles. The molecule has 1 aliphatic rings. The second-order valence-corrected chi connectivity index (χ2v) is 6.20. The number of carbonyl (C=O) groups excluding carboxylic acids is 2. The highest BCUT2D eigenvalue weighted by Crippen LogP contribution is 2.22. The number of nitrogens with zero attached hydrogens (tertiary/aromatic N) is 4. The highest BCUT2D eigenvalue weighted by Gasteiger charge is 2.22. The minimum atomic E-state index is 0.0545. The summed E-state index contributed by atoms with van der Waals surface area (Å²) in [6.45, 7) is 5.90. The maximum atomic E-state index is 12.3. The van der Waals surface area contributed by atoms with Gasteiger partial charge in [-0.3, -0.25) is 9.59 Å². The molecule has 1 fully saturated rings. The van der Waals surface area contributed by atoms with Crippen molar-refractivity contribution in [2.75, 3.05) is 26.2 Å². The van der Waals surface area contributed by atoms with Crippen molar-refractivity contribution >= 4 is 11.8 Å². The van der Waals surface area contributed by atoms with Gasteiger partial charge in [-0.15, -0.1) is 10.2 Å². The summed E-state index contributed by atoms with van der Waals surface area (Å²) in [5.74, 6) is 1.06. The van der Waals surface area contributed by atoms with E-state index < -0.39 is 0 Å². The van der Waals surface area contributed by atoms with Gasteiger partial charge in [0.25, 0.3) is 0 Å². The van der Waals surface area contributed by atoms with Crippen LogP contribution in [0.15, 0.2) is 28.7 Å². The normalized spacial score (nSPS) is 14.6. The zero-order valence-electron chi connectivity index (χ0n) is 14.6. The van der Waals surface area contributed by atoms with Crippen molar-refractivity contribution in [3.63, 3.8) is 0 Å². The molecule has 0 N–H and O–H groups in total. The van der Waals surface area contributed by atoms with E-state index in [4.69, 9.17) is 4.42 Å². The molecule has 0 bridgehead atoms. The van der Waals surface area contributed by atoms with Crippen molar-refractivity contribution in [1.29, 1.82) is 0 Å². The summed E-state index contributed by atoms with van der Waals surface area (Å²) in [7, 11) is 0. The van der Waals surface area contributed by atoms with Gasteiger partial charge >= 0.3 is 0 Å². The molecule has 1 saturated heterocycles. The van der Waals surface area contributed by atoms with E-state index in [0.29, 0.717) is 50.8 Å². The third kappa shape index (κ3) is 4.04. The first kappa shape index (κ1) is 17.1. The topological polar surface area (TPSA) is 79.5 Å². The Balaban J connectivity index is 1.53. The lowest BCUT2D eigenvalue weighted by molar-refractivity contribution is -0.138. The molecule has 0 spiro atoms. The van der Waals surface area contributed by atoms with Gasteiger partial charge in [-0.2, -0.15) is 0 Å². The lowest BCUT2D eigenvalue weighted by atomic mass is 10.1. The molecule has 0 radical (unpaired) electrons. The average Bonchev–Trinajstić information content (AvgIpc) is 3.09. The van der Waals surface area contributed by atoms with Crippen LogP contribution in [0.5, 0.6) is 0 Å². The van der Waals surface area contributed by atoms with E-state index in [1.54, 1.807) is 16.7 Å². The molecule has 0 atom stereocenters. The summed E-state index contributed by atoms with van der Waals surface area (Å²) in [6.07, 6.45) is 0.750. The number of hydrogen-bond donors (Lipinski definition) is 0. The van der Waals surface area contributed by atoms with Crippen molar-refractivity contribution in [3.8, 4) is 11.5 Å². The predicted molar refractivity (Wildman–Crippen MR) is 91.6 cm³/mol. The second-order valence-electron chi connectivity index (χ2n) is 6.20. The van der Waals surface area contributed by atoms with Crippen molar-refractivity contribution in [2.24, 2.45) is 0 Å². The van der Waals surface area contributed by atoms with E-state index in [1.165, 1.54) is 0 Å². The number of piperazine rings is 1. The third-order valence-corrected chi connectivity index (χ3v) is 4.47. The molecule has 1 aromatic carbocycles. The zero-order chi connectivity index (χ0) is 17.8. The first-order valence-electron chi connectivity index (χ1n) is 8.46. The first-order valence-corrected chi connectivity index (χ1v) is 8.46. The van der Waals surface area contributed by atoms with Crippen LogP contribution in [0.4, 0.5) is 0 Å². The Morgan fingerprint density at radius 1 is 1.08 bits per heavy atom. The largest absolute Gasteiger partial charge is 0.421 e. The number of amides is 2. The minimum Gasteiger partial charge on any atom is -0.421 e. The van der Waals surface area contributed by atoms with Crippen molar-refractivity contribution in [3.05, 3.63) is 35.7 Å². The van der Waals surface area contributed by atoms with Crippen LogP contribution in [-0.2, 0) is 16.0 Å². The molecule has 0 saturated carbocycles. The van der Waals surface area contributed by atoms with Gasteiger partial charge in [-0.05, 0) is 18.6 Å². The van der Waals surface area contributed by atoms with Crippen LogP contribution < -0.4 is 0 Å². The smallest absolute Gasteiger partial charge is 0.247 e. The van der Waals surface area contributed by atoms with Gasteiger partial charge < -0.3 is 14.2 Å². The summed E-state index contributed by atoms with van der Waals surface area (Å²) >= 11 is 0. The molecule has 132 valence electrons. The predicted octanol–water partition coefficient (Wildman–Crippen LogP) is 1.67. The van der Waals surface area contributed by atoms with Crippen molar-refractivity contribution in [1.82, 2.24) is 20.0 Å². The fourth-order valence-electron chi connectivity index (χ4n) is 2.92. The van der Waals surface area contributed by atoms with Gasteiger partial charge in [0.05, 0.1) is 0 Å². The Bertz CT molecular complexity index is 763. The number of carbonyl (C=O) groups is 2. The fraction of sp³-hybridized carbons (Fsp3) is 0.444. The summed E-state index contributed by atoms with van der Waals surface area (Å²) in [5.41, 5.74) is 1.98. The van der Waals surface area contributed by atoms with E-state index in [2.05, 4.69) is 10.2 Å². The molecule has 2 aromatic rings. The molecule has 0 aliphatic carbocycles. The van der Waals surface area contributed by atoms with E-state index in [1.807, 2.05) is 31.2 Å². The summed E-state index contributed by atoms with van der Waals surface area (Å²) in [5, 5.41) is 8.13. The molecule has 7 heteroatoms. The highest BCUT2D eigenvalue weighted by molar-refractivity contribution is 5.77. The minimum absolute atomic E-state index is 0.0545. The van der Waals surface area contributed by atoms with Gasteiger partial charge in [-0.25, -0.2) is 0 Å². The highest BCUT2D eigenvalue weighted by atomic mass is 16.4. The summed E-state index contributed by atoms with van der Waals surface area (Å²) < 4.78 is 5.69. The summed E-state index contributed by atoms with van der Waals surface area (Å²) in [4.78, 5) is 27.2. The Morgan fingerprint density at radius 2 is 1.76 bits per heavy atom. The number of aromatic nitrogens is 2. The number of aryl methyl sites for hydroxylation is 2. The number of rotatable bonds is 4. The first-order chi connectivity index (χ1) is 12.0. The maximum absolute atomic E-state index is 12.3. The molecule has 2 heterocycles. The Kier molecular flexibility index (Phi) is 5.11. The van der Waals surface area contributed by atoms with Crippen LogP contribution in [0.3, 0.4) is 0 Å². The van der Waals surface area contributed by atoms with Gasteiger partial charge in [-0.1, -0.05) is 18.2 Å². The van der Waals surface area contributed by atoms with Crippen LogP contribution in [0.2, 0.25) is 0 Å². The molecule has 2 amide bonds. The monoisotopic (exact) mass is 342 g/mol. The Morgan fingerprint density at radius 3 is 2.44 bits per heavy atom. The van der Waals surface area contributed by atoms with Gasteiger partial charge in [0, 0.05) is 51.5 Å². The van der Waals surface area contributed by atoms with Gasteiger partial charge in [0.15, 0.2) is 0 Å². The van der Waals surface area contributed by atoms with E-state index in [-0.39, 0.29) is 11.8 Å². The van der Waals surface area contributed by atoms with E-state index in [0.717, 1.165) is 11.1 Å².